The van der Waals surface area contributed by atoms with Gasteiger partial charge in [-0.1, -0.05) is 6.08 Å². The van der Waals surface area contributed by atoms with E-state index in [1.807, 2.05) is 24.5 Å². The molecule has 3 aromatic rings. The fourth-order valence-electron chi connectivity index (χ4n) is 5.29. The maximum atomic E-state index is 13.0. The van der Waals surface area contributed by atoms with E-state index >= 15 is 0 Å². The van der Waals surface area contributed by atoms with Gasteiger partial charge in [0.1, 0.15) is 5.82 Å². The molecule has 5 heterocycles. The molecule has 3 aliphatic rings. The van der Waals surface area contributed by atoms with Crippen molar-refractivity contribution >= 4 is 28.8 Å². The van der Waals surface area contributed by atoms with Gasteiger partial charge in [0.05, 0.1) is 17.3 Å². The highest BCUT2D eigenvalue weighted by atomic mass is 16.5. The highest BCUT2D eigenvalue weighted by Gasteiger charge is 2.23. The summed E-state index contributed by atoms with van der Waals surface area (Å²) in [5.74, 6) is 1.35. The Labute approximate surface area is 209 Å². The van der Waals surface area contributed by atoms with Gasteiger partial charge in [-0.2, -0.15) is 10.1 Å². The minimum absolute atomic E-state index is 0.101. The number of carbonyl (C=O) groups excluding carboxylic acids is 1. The van der Waals surface area contributed by atoms with Crippen LogP contribution in [0.1, 0.15) is 60.0 Å². The summed E-state index contributed by atoms with van der Waals surface area (Å²) in [5, 5.41) is 14.4. The summed E-state index contributed by atoms with van der Waals surface area (Å²) in [6.45, 7) is 2.03. The number of carbonyl (C=O) groups is 1. The molecule has 0 bridgehead atoms. The van der Waals surface area contributed by atoms with Gasteiger partial charge >= 0.3 is 0 Å². The van der Waals surface area contributed by atoms with Crippen molar-refractivity contribution in [1.82, 2.24) is 24.9 Å². The molecule has 3 aromatic heterocycles. The first-order valence-electron chi connectivity index (χ1n) is 12.8. The molecule has 10 nitrogen and oxygen atoms in total. The van der Waals surface area contributed by atoms with Crippen molar-refractivity contribution in [3.63, 3.8) is 0 Å². The third-order valence-corrected chi connectivity index (χ3v) is 7.39. The lowest BCUT2D eigenvalue weighted by Crippen LogP contribution is -2.38. The summed E-state index contributed by atoms with van der Waals surface area (Å²) < 4.78 is 7.15. The number of nitrogens with two attached hydrogens (primary N) is 1. The van der Waals surface area contributed by atoms with Gasteiger partial charge in [-0.15, -0.1) is 0 Å². The number of fused-ring (bicyclic) bond motifs is 2. The van der Waals surface area contributed by atoms with E-state index in [1.165, 1.54) is 0 Å². The number of anilines is 2. The average molecular weight is 489 g/mol. The van der Waals surface area contributed by atoms with Crippen molar-refractivity contribution in [2.75, 3.05) is 30.4 Å². The quantitative estimate of drug-likeness (QED) is 0.431. The summed E-state index contributed by atoms with van der Waals surface area (Å²) >= 11 is 0. The van der Waals surface area contributed by atoms with E-state index in [2.05, 4.69) is 32.1 Å². The standard InChI is InChI=1S/C26H32N8O2/c27-17-1-3-18(4-2-17)32-26-29-14-21-20(5-9-28-24(21)33-26)16-6-10-34-23(13-16)22(15-30-34)25(35)31-19-7-11-36-12-8-19/h5-6,10,13-15,17-19H,1-4,7-9,11-12,27H2,(H,31,35)(H2,28,29,32,33). The van der Waals surface area contributed by atoms with Crippen molar-refractivity contribution in [3.05, 3.63) is 53.5 Å². The zero-order valence-electron chi connectivity index (χ0n) is 20.2. The Kier molecular flexibility index (Phi) is 6.28. The topological polar surface area (TPSA) is 131 Å². The lowest BCUT2D eigenvalue weighted by molar-refractivity contribution is 0.0697. The van der Waals surface area contributed by atoms with E-state index in [4.69, 9.17) is 15.5 Å². The molecule has 188 valence electrons. The number of rotatable bonds is 5. The zero-order valence-corrected chi connectivity index (χ0v) is 20.2. The van der Waals surface area contributed by atoms with Gasteiger partial charge < -0.3 is 26.4 Å². The second kappa shape index (κ2) is 9.87. The number of hydrogen-bond donors (Lipinski definition) is 4. The Bertz CT molecular complexity index is 1290. The van der Waals surface area contributed by atoms with Crippen LogP contribution in [-0.2, 0) is 4.74 Å². The summed E-state index contributed by atoms with van der Waals surface area (Å²) in [5.41, 5.74) is 10.4. The first-order valence-corrected chi connectivity index (χ1v) is 12.8. The average Bonchev–Trinajstić information content (AvgIpc) is 3.34. The number of nitrogens with one attached hydrogen (secondary N) is 3. The van der Waals surface area contributed by atoms with Gasteiger partial charge in [0.15, 0.2) is 0 Å². The second-order valence-electron chi connectivity index (χ2n) is 9.87. The molecule has 2 aliphatic heterocycles. The van der Waals surface area contributed by atoms with Crippen LogP contribution in [0.5, 0.6) is 0 Å². The Balaban J connectivity index is 1.23. The number of hydrogen-bond acceptors (Lipinski definition) is 8. The molecule has 36 heavy (non-hydrogen) atoms. The van der Waals surface area contributed by atoms with Crippen molar-refractivity contribution in [2.24, 2.45) is 5.73 Å². The lowest BCUT2D eigenvalue weighted by Gasteiger charge is -2.27. The molecular formula is C26H32N8O2. The second-order valence-corrected chi connectivity index (χ2v) is 9.87. The zero-order chi connectivity index (χ0) is 24.5. The molecule has 0 spiro atoms. The van der Waals surface area contributed by atoms with E-state index in [1.54, 1.807) is 10.7 Å². The smallest absolute Gasteiger partial charge is 0.255 e. The van der Waals surface area contributed by atoms with Crippen LogP contribution in [0, 0.1) is 0 Å². The maximum absolute atomic E-state index is 13.0. The summed E-state index contributed by atoms with van der Waals surface area (Å²) in [4.78, 5) is 22.4. The molecule has 0 aromatic carbocycles. The molecule has 1 amide bonds. The van der Waals surface area contributed by atoms with Crippen molar-refractivity contribution in [2.45, 2.75) is 56.7 Å². The van der Waals surface area contributed by atoms with Crippen LogP contribution in [-0.4, -0.2) is 63.4 Å². The molecule has 1 saturated heterocycles. The highest BCUT2D eigenvalue weighted by molar-refractivity contribution is 6.01. The predicted octanol–water partition coefficient (Wildman–Crippen LogP) is 2.57. The molecule has 5 N–H and O–H groups in total. The Morgan fingerprint density at radius 2 is 1.94 bits per heavy atom. The minimum atomic E-state index is -0.101. The SMILES string of the molecule is NC1CCC(Nc2ncc3c(n2)NCC=C3c2ccn3ncc(C(=O)NC4CCOCC4)c3c2)CC1. The van der Waals surface area contributed by atoms with Gasteiger partial charge in [-0.05, 0) is 61.8 Å². The lowest BCUT2D eigenvalue weighted by atomic mass is 9.92. The van der Waals surface area contributed by atoms with Gasteiger partial charge in [-0.25, -0.2) is 9.50 Å². The van der Waals surface area contributed by atoms with Crippen LogP contribution < -0.4 is 21.7 Å². The van der Waals surface area contributed by atoms with E-state index < -0.39 is 0 Å². The van der Waals surface area contributed by atoms with Gasteiger partial charge in [-0.3, -0.25) is 4.79 Å². The normalized spacial score (nSPS) is 22.4. The molecule has 1 aliphatic carbocycles. The molecule has 10 heteroatoms. The molecule has 2 fully saturated rings. The molecule has 0 unspecified atom stereocenters. The van der Waals surface area contributed by atoms with Crippen LogP contribution >= 0.6 is 0 Å². The molecular weight excluding hydrogens is 456 g/mol. The van der Waals surface area contributed by atoms with Crippen LogP contribution in [0.4, 0.5) is 11.8 Å². The van der Waals surface area contributed by atoms with Crippen molar-refractivity contribution in [1.29, 1.82) is 0 Å². The number of aromatic nitrogens is 4. The molecule has 6 rings (SSSR count). The largest absolute Gasteiger partial charge is 0.381 e. The number of pyridine rings is 1. The summed E-state index contributed by atoms with van der Waals surface area (Å²) in [7, 11) is 0. The molecule has 0 atom stereocenters. The fourth-order valence-corrected chi connectivity index (χ4v) is 5.29. The monoisotopic (exact) mass is 488 g/mol. The maximum Gasteiger partial charge on any atom is 0.255 e. The van der Waals surface area contributed by atoms with Gasteiger partial charge in [0, 0.05) is 55.8 Å². The van der Waals surface area contributed by atoms with E-state index in [0.717, 1.165) is 66.6 Å². The Morgan fingerprint density at radius 1 is 1.11 bits per heavy atom. The van der Waals surface area contributed by atoms with E-state index in [9.17, 15) is 4.79 Å². The number of amides is 1. The highest BCUT2D eigenvalue weighted by Crippen LogP contribution is 2.32. The number of nitrogens with zero attached hydrogens (tertiary/aromatic N) is 4. The number of ether oxygens (including phenoxy) is 1. The predicted molar refractivity (Wildman–Crippen MR) is 138 cm³/mol. The Hall–Kier alpha value is -3.50. The summed E-state index contributed by atoms with van der Waals surface area (Å²) in [6, 6.07) is 4.83. The summed E-state index contributed by atoms with van der Waals surface area (Å²) in [6.07, 6.45) is 13.3. The van der Waals surface area contributed by atoms with Crippen molar-refractivity contribution in [3.8, 4) is 0 Å². The third kappa shape index (κ3) is 4.66. The minimum Gasteiger partial charge on any atom is -0.381 e. The van der Waals surface area contributed by atoms with Crippen LogP contribution in [0.3, 0.4) is 0 Å². The molecule has 0 radical (unpaired) electrons. The van der Waals surface area contributed by atoms with E-state index in [-0.39, 0.29) is 11.9 Å². The van der Waals surface area contributed by atoms with Gasteiger partial charge in [0.25, 0.3) is 5.91 Å². The van der Waals surface area contributed by atoms with Gasteiger partial charge in [0.2, 0.25) is 5.95 Å². The fraction of sp³-hybridized carbons (Fsp3) is 0.462. The van der Waals surface area contributed by atoms with Crippen LogP contribution in [0.15, 0.2) is 36.8 Å². The molecule has 1 saturated carbocycles. The first kappa shape index (κ1) is 22.9. The van der Waals surface area contributed by atoms with Crippen molar-refractivity contribution < 1.29 is 9.53 Å². The van der Waals surface area contributed by atoms with Crippen LogP contribution in [0.25, 0.3) is 11.1 Å². The third-order valence-electron chi connectivity index (χ3n) is 7.39. The van der Waals surface area contributed by atoms with Crippen LogP contribution in [0.2, 0.25) is 0 Å². The van der Waals surface area contributed by atoms with E-state index in [0.29, 0.717) is 43.4 Å². The first-order chi connectivity index (χ1) is 17.6. The Morgan fingerprint density at radius 3 is 2.78 bits per heavy atom.